The molecule has 1 saturated heterocycles. The Labute approximate surface area is 163 Å². The average Bonchev–Trinajstić information content (AvgIpc) is 3.21. The van der Waals surface area contributed by atoms with Crippen LogP contribution in [0, 0.1) is 5.82 Å². The number of hydrogen-bond acceptors (Lipinski definition) is 6. The maximum absolute atomic E-state index is 14.3. The fourth-order valence-electron chi connectivity index (χ4n) is 3.56. The predicted molar refractivity (Wildman–Crippen MR) is 99.4 cm³/mol. The Morgan fingerprint density at radius 3 is 2.90 bits per heavy atom. The van der Waals surface area contributed by atoms with Crippen molar-refractivity contribution in [1.82, 2.24) is 14.6 Å². The second kappa shape index (κ2) is 6.94. The zero-order valence-electron chi connectivity index (χ0n) is 15.5. The Morgan fingerprint density at radius 2 is 2.17 bits per heavy atom. The van der Waals surface area contributed by atoms with Crippen LogP contribution in [0.3, 0.4) is 0 Å². The molecule has 3 heterocycles. The molecule has 2 N–H and O–H groups in total. The lowest BCUT2D eigenvalue weighted by molar-refractivity contribution is 0.0222. The van der Waals surface area contributed by atoms with Gasteiger partial charge in [0, 0.05) is 18.3 Å². The monoisotopic (exact) mass is 405 g/mol. The number of esters is 1. The molecule has 0 bridgehead atoms. The van der Waals surface area contributed by atoms with Gasteiger partial charge in [0.15, 0.2) is 5.65 Å². The van der Waals surface area contributed by atoms with E-state index in [-0.39, 0.29) is 29.3 Å². The number of rotatable bonds is 4. The summed E-state index contributed by atoms with van der Waals surface area (Å²) in [7, 11) is 0. The van der Waals surface area contributed by atoms with Crippen molar-refractivity contribution in [2.75, 3.05) is 23.8 Å². The van der Waals surface area contributed by atoms with Gasteiger partial charge in [0.1, 0.15) is 17.2 Å². The number of hydrogen-bond donors (Lipinski definition) is 1. The van der Waals surface area contributed by atoms with Crippen molar-refractivity contribution in [1.29, 1.82) is 0 Å². The fraction of sp³-hybridized carbons (Fsp3) is 0.316. The second-order valence-electron chi connectivity index (χ2n) is 6.85. The highest BCUT2D eigenvalue weighted by Gasteiger charge is 2.46. The van der Waals surface area contributed by atoms with Crippen LogP contribution in [0.5, 0.6) is 0 Å². The van der Waals surface area contributed by atoms with Crippen molar-refractivity contribution in [3.05, 3.63) is 53.6 Å². The summed E-state index contributed by atoms with van der Waals surface area (Å²) in [5, 5.41) is 4.04. The Morgan fingerprint density at radius 1 is 1.38 bits per heavy atom. The molecule has 4 rings (SSSR count). The van der Waals surface area contributed by atoms with E-state index in [1.807, 2.05) is 0 Å². The summed E-state index contributed by atoms with van der Waals surface area (Å²) < 4.78 is 48.8. The molecule has 1 fully saturated rings. The van der Waals surface area contributed by atoms with Crippen molar-refractivity contribution in [2.45, 2.75) is 25.3 Å². The van der Waals surface area contributed by atoms with Crippen LogP contribution in [-0.2, 0) is 4.74 Å². The predicted octanol–water partition coefficient (Wildman–Crippen LogP) is 3.21. The van der Waals surface area contributed by atoms with E-state index < -0.39 is 36.7 Å². The Hall–Kier alpha value is -3.30. The molecule has 1 aliphatic rings. The van der Waals surface area contributed by atoms with Crippen molar-refractivity contribution in [3.63, 3.8) is 0 Å². The molecule has 0 aliphatic carbocycles. The third-order valence-electron chi connectivity index (χ3n) is 4.74. The molecule has 10 heteroatoms. The van der Waals surface area contributed by atoms with Crippen LogP contribution in [0.4, 0.5) is 24.7 Å². The van der Waals surface area contributed by atoms with Gasteiger partial charge in [0.05, 0.1) is 25.4 Å². The number of aromatic nitrogens is 3. The van der Waals surface area contributed by atoms with Crippen LogP contribution in [0.2, 0.25) is 0 Å². The van der Waals surface area contributed by atoms with E-state index in [0.717, 1.165) is 6.07 Å². The maximum atomic E-state index is 14.3. The summed E-state index contributed by atoms with van der Waals surface area (Å²) >= 11 is 0. The molecular formula is C19H18F3N5O2. The van der Waals surface area contributed by atoms with Gasteiger partial charge >= 0.3 is 5.97 Å². The Bertz CT molecular complexity index is 1060. The molecule has 7 nitrogen and oxygen atoms in total. The zero-order valence-corrected chi connectivity index (χ0v) is 15.5. The van der Waals surface area contributed by atoms with Gasteiger partial charge in [0.25, 0.3) is 5.92 Å². The number of ether oxygens (including phenoxy) is 1. The molecule has 0 saturated carbocycles. The number of fused-ring (bicyclic) bond motifs is 1. The van der Waals surface area contributed by atoms with Crippen molar-refractivity contribution in [3.8, 4) is 0 Å². The number of alkyl halides is 2. The Balaban J connectivity index is 1.77. The number of benzene rings is 1. The fourth-order valence-corrected chi connectivity index (χ4v) is 3.56. The number of nitrogens with zero attached hydrogens (tertiary/aromatic N) is 4. The van der Waals surface area contributed by atoms with Gasteiger partial charge in [-0.3, -0.25) is 0 Å². The lowest BCUT2D eigenvalue weighted by atomic mass is 10.0. The molecule has 0 unspecified atom stereocenters. The smallest absolute Gasteiger partial charge is 0.343 e. The summed E-state index contributed by atoms with van der Waals surface area (Å²) in [5.41, 5.74) is 6.50. The van der Waals surface area contributed by atoms with E-state index in [1.54, 1.807) is 6.92 Å². The number of carbonyl (C=O) groups is 1. The second-order valence-corrected chi connectivity index (χ2v) is 6.85. The lowest BCUT2D eigenvalue weighted by Gasteiger charge is -2.25. The van der Waals surface area contributed by atoms with E-state index in [9.17, 15) is 18.0 Å². The topological polar surface area (TPSA) is 85.8 Å². The van der Waals surface area contributed by atoms with Crippen LogP contribution in [0.25, 0.3) is 5.65 Å². The summed E-state index contributed by atoms with van der Waals surface area (Å²) in [6, 6.07) is 4.49. The van der Waals surface area contributed by atoms with E-state index >= 15 is 0 Å². The normalized spacial score (nSPS) is 18.3. The van der Waals surface area contributed by atoms with Gasteiger partial charge < -0.3 is 15.4 Å². The van der Waals surface area contributed by atoms with Gasteiger partial charge in [-0.2, -0.15) is 5.10 Å². The molecule has 0 spiro atoms. The number of nitrogens with two attached hydrogens (primary N) is 1. The largest absolute Gasteiger partial charge is 0.462 e. The van der Waals surface area contributed by atoms with Crippen molar-refractivity contribution in [2.24, 2.45) is 0 Å². The van der Waals surface area contributed by atoms with Gasteiger partial charge in [-0.1, -0.05) is 0 Å². The lowest BCUT2D eigenvalue weighted by Crippen LogP contribution is -2.27. The molecule has 0 amide bonds. The molecule has 1 aromatic carbocycles. The number of anilines is 2. The minimum atomic E-state index is -3.00. The standard InChI is InChI=1S/C19H18F3N5O2/c1-2-29-18(28)14-9-24-27-4-3-16(25-17(14)27)26-10-19(21,22)8-15(26)11-5-12(20)7-13(23)6-11/h3-7,9,15H,2,8,10,23H2,1H3/t15-/m1/s1. The van der Waals surface area contributed by atoms with Gasteiger partial charge in [-0.05, 0) is 36.8 Å². The van der Waals surface area contributed by atoms with E-state index in [4.69, 9.17) is 10.5 Å². The highest BCUT2D eigenvalue weighted by molar-refractivity contribution is 5.95. The Kier molecular flexibility index (Phi) is 4.56. The van der Waals surface area contributed by atoms with E-state index in [0.29, 0.717) is 5.56 Å². The summed E-state index contributed by atoms with van der Waals surface area (Å²) in [5.74, 6) is -3.98. The first-order valence-corrected chi connectivity index (χ1v) is 8.99. The molecule has 0 radical (unpaired) electrons. The molecular weight excluding hydrogens is 387 g/mol. The van der Waals surface area contributed by atoms with Crippen molar-refractivity contribution >= 4 is 23.1 Å². The molecule has 1 aliphatic heterocycles. The van der Waals surface area contributed by atoms with Crippen LogP contribution < -0.4 is 10.6 Å². The van der Waals surface area contributed by atoms with Crippen molar-refractivity contribution < 1.29 is 22.7 Å². The van der Waals surface area contributed by atoms with E-state index in [1.165, 1.54) is 40.0 Å². The number of carbonyl (C=O) groups excluding carboxylic acids is 1. The summed E-state index contributed by atoms with van der Waals surface area (Å²) in [6.45, 7) is 1.25. The van der Waals surface area contributed by atoms with Gasteiger partial charge in [-0.15, -0.1) is 0 Å². The first-order chi connectivity index (χ1) is 13.8. The molecule has 1 atom stereocenters. The highest BCUT2D eigenvalue weighted by Crippen LogP contribution is 2.43. The van der Waals surface area contributed by atoms with Crippen LogP contribution in [0.15, 0.2) is 36.7 Å². The minimum Gasteiger partial charge on any atom is -0.462 e. The number of nitrogen functional groups attached to an aromatic ring is 1. The SMILES string of the molecule is CCOC(=O)c1cnn2ccc(N3CC(F)(F)C[C@@H]3c3cc(N)cc(F)c3)nc12. The highest BCUT2D eigenvalue weighted by atomic mass is 19.3. The first kappa shape index (κ1) is 19.0. The number of halogens is 3. The molecule has 2 aromatic heterocycles. The molecule has 3 aromatic rings. The van der Waals surface area contributed by atoms with E-state index in [2.05, 4.69) is 10.1 Å². The molecule has 152 valence electrons. The van der Waals surface area contributed by atoms with Gasteiger partial charge in [0.2, 0.25) is 0 Å². The third-order valence-corrected chi connectivity index (χ3v) is 4.74. The third kappa shape index (κ3) is 3.57. The quantitative estimate of drug-likeness (QED) is 0.530. The summed E-state index contributed by atoms with van der Waals surface area (Å²) in [6.07, 6.45) is 2.33. The zero-order chi connectivity index (χ0) is 20.8. The first-order valence-electron chi connectivity index (χ1n) is 8.99. The molecule has 29 heavy (non-hydrogen) atoms. The van der Waals surface area contributed by atoms with Crippen LogP contribution >= 0.6 is 0 Å². The van der Waals surface area contributed by atoms with Crippen LogP contribution in [0.1, 0.15) is 35.3 Å². The summed E-state index contributed by atoms with van der Waals surface area (Å²) in [4.78, 5) is 17.9. The van der Waals surface area contributed by atoms with Crippen LogP contribution in [-0.4, -0.2) is 39.6 Å². The maximum Gasteiger partial charge on any atom is 0.343 e. The minimum absolute atomic E-state index is 0.131. The average molecular weight is 405 g/mol. The van der Waals surface area contributed by atoms with Gasteiger partial charge in [-0.25, -0.2) is 27.5 Å².